The average Bonchev–Trinajstić information content (AvgIpc) is 2.24. The molecule has 0 aromatic heterocycles. The maximum absolute atomic E-state index is 3.63. The van der Waals surface area contributed by atoms with Gasteiger partial charge in [-0.1, -0.05) is 29.3 Å². The van der Waals surface area contributed by atoms with Crippen LogP contribution in [0.5, 0.6) is 0 Å². The normalized spacial score (nSPS) is 14.0. The smallest absolute Gasteiger partial charge is 0.0292 e. The molecule has 1 aromatic carbocycles. The van der Waals surface area contributed by atoms with E-state index in [9.17, 15) is 0 Å². The summed E-state index contributed by atoms with van der Waals surface area (Å²) < 4.78 is 0. The van der Waals surface area contributed by atoms with Crippen molar-refractivity contribution >= 4 is 0 Å². The lowest BCUT2D eigenvalue weighted by Gasteiger charge is -2.34. The molecule has 0 spiro atoms. The monoisotopic (exact) mass is 248 g/mol. The van der Waals surface area contributed by atoms with Crippen molar-refractivity contribution in [3.8, 4) is 0 Å². The van der Waals surface area contributed by atoms with Gasteiger partial charge in [-0.05, 0) is 54.3 Å². The molecule has 0 heterocycles. The van der Waals surface area contributed by atoms with Gasteiger partial charge in [-0.2, -0.15) is 0 Å². The average molecular weight is 248 g/mol. The zero-order chi connectivity index (χ0) is 13.9. The second-order valence-corrected chi connectivity index (χ2v) is 6.23. The third-order valence-electron chi connectivity index (χ3n) is 3.80. The first-order chi connectivity index (χ1) is 8.22. The van der Waals surface area contributed by atoms with E-state index in [1.807, 2.05) is 0 Å². The zero-order valence-electron chi connectivity index (χ0n) is 13.0. The van der Waals surface area contributed by atoms with Gasteiger partial charge >= 0.3 is 0 Å². The summed E-state index contributed by atoms with van der Waals surface area (Å²) in [5, 5.41) is 3.63. The minimum absolute atomic E-state index is 0.174. The van der Waals surface area contributed by atoms with Crippen LogP contribution >= 0.6 is 0 Å². The summed E-state index contributed by atoms with van der Waals surface area (Å²) in [7, 11) is 4.26. The van der Waals surface area contributed by atoms with E-state index in [0.717, 1.165) is 6.54 Å². The molecule has 0 saturated carbocycles. The molecule has 0 aliphatic carbocycles. The minimum atomic E-state index is 0.174. The summed E-state index contributed by atoms with van der Waals surface area (Å²) in [4.78, 5) is 2.26. The third kappa shape index (κ3) is 4.11. The molecule has 1 N–H and O–H groups in total. The van der Waals surface area contributed by atoms with Crippen LogP contribution in [0.1, 0.15) is 43.5 Å². The Labute approximate surface area is 112 Å². The van der Waals surface area contributed by atoms with Crippen molar-refractivity contribution in [2.45, 2.75) is 46.2 Å². The van der Waals surface area contributed by atoms with Crippen molar-refractivity contribution in [2.24, 2.45) is 0 Å². The van der Waals surface area contributed by atoms with E-state index in [0.29, 0.717) is 6.04 Å². The Balaban J connectivity index is 2.68. The third-order valence-corrected chi connectivity index (χ3v) is 3.80. The fraction of sp³-hybridized carbons (Fsp3) is 0.625. The predicted octanol–water partition coefficient (Wildman–Crippen LogP) is 3.29. The van der Waals surface area contributed by atoms with Crippen molar-refractivity contribution in [1.82, 2.24) is 10.2 Å². The van der Waals surface area contributed by atoms with Gasteiger partial charge in [0.1, 0.15) is 0 Å². The molecule has 2 heteroatoms. The molecular formula is C16H28N2. The molecule has 0 radical (unpaired) electrons. The van der Waals surface area contributed by atoms with Gasteiger partial charge in [-0.3, -0.25) is 0 Å². The molecule has 1 unspecified atom stereocenters. The van der Waals surface area contributed by atoms with Gasteiger partial charge in [0, 0.05) is 18.1 Å². The number of hydrogen-bond acceptors (Lipinski definition) is 2. The van der Waals surface area contributed by atoms with Crippen molar-refractivity contribution in [1.29, 1.82) is 0 Å². The molecule has 2 nitrogen and oxygen atoms in total. The highest BCUT2D eigenvalue weighted by Crippen LogP contribution is 2.18. The fourth-order valence-corrected chi connectivity index (χ4v) is 1.94. The molecule has 0 aliphatic rings. The summed E-state index contributed by atoms with van der Waals surface area (Å²) in [6, 6.07) is 7.16. The first kappa shape index (κ1) is 15.2. The second-order valence-electron chi connectivity index (χ2n) is 6.23. The quantitative estimate of drug-likeness (QED) is 0.860. The molecule has 0 fully saturated rings. The first-order valence-electron chi connectivity index (χ1n) is 6.71. The van der Waals surface area contributed by atoms with Crippen LogP contribution in [0.4, 0.5) is 0 Å². The van der Waals surface area contributed by atoms with E-state index >= 15 is 0 Å². The maximum atomic E-state index is 3.63. The first-order valence-corrected chi connectivity index (χ1v) is 6.71. The summed E-state index contributed by atoms with van der Waals surface area (Å²) in [6.45, 7) is 12.1. The predicted molar refractivity (Wildman–Crippen MR) is 80.1 cm³/mol. The fourth-order valence-electron chi connectivity index (χ4n) is 1.94. The molecule has 1 atom stereocenters. The molecular weight excluding hydrogens is 220 g/mol. The Bertz CT molecular complexity index is 374. The number of likely N-dealkylation sites (N-methyl/N-ethyl adjacent to an activating group) is 1. The van der Waals surface area contributed by atoms with Crippen LogP contribution in [0.15, 0.2) is 18.2 Å². The maximum Gasteiger partial charge on any atom is 0.0292 e. The molecule has 1 aromatic rings. The van der Waals surface area contributed by atoms with E-state index in [1.54, 1.807) is 0 Å². The van der Waals surface area contributed by atoms with Crippen LogP contribution in [-0.2, 0) is 0 Å². The van der Waals surface area contributed by atoms with E-state index < -0.39 is 0 Å². The van der Waals surface area contributed by atoms with Gasteiger partial charge in [0.05, 0.1) is 0 Å². The summed E-state index contributed by atoms with van der Waals surface area (Å²) in [5.41, 5.74) is 4.23. The lowest BCUT2D eigenvalue weighted by Crippen LogP contribution is -2.47. The lowest BCUT2D eigenvalue weighted by molar-refractivity contribution is 0.185. The number of nitrogens with zero attached hydrogens (tertiary/aromatic N) is 1. The number of aryl methyl sites for hydroxylation is 2. The van der Waals surface area contributed by atoms with Gasteiger partial charge in [0.15, 0.2) is 0 Å². The highest BCUT2D eigenvalue weighted by atomic mass is 15.2. The van der Waals surface area contributed by atoms with Gasteiger partial charge in [0.25, 0.3) is 0 Å². The van der Waals surface area contributed by atoms with E-state index in [2.05, 4.69) is 77.1 Å². The topological polar surface area (TPSA) is 15.3 Å². The number of nitrogens with one attached hydrogen (secondary N) is 1. The highest BCUT2D eigenvalue weighted by molar-refractivity contribution is 5.30. The van der Waals surface area contributed by atoms with Crippen LogP contribution in [0, 0.1) is 13.8 Å². The van der Waals surface area contributed by atoms with E-state index in [-0.39, 0.29) is 5.54 Å². The van der Waals surface area contributed by atoms with Crippen LogP contribution < -0.4 is 5.32 Å². The standard InChI is InChI=1S/C16H28N2/c1-12-8-13(2)10-15(9-12)14(3)17-11-16(4,5)18(6)7/h8-10,14,17H,11H2,1-7H3. The number of benzene rings is 1. The van der Waals surface area contributed by atoms with Crippen LogP contribution in [-0.4, -0.2) is 31.1 Å². The van der Waals surface area contributed by atoms with Gasteiger partial charge in [0.2, 0.25) is 0 Å². The van der Waals surface area contributed by atoms with Gasteiger partial charge < -0.3 is 10.2 Å². The van der Waals surface area contributed by atoms with Crippen molar-refractivity contribution in [2.75, 3.05) is 20.6 Å². The Morgan fingerprint density at radius 1 is 1.11 bits per heavy atom. The molecule has 0 saturated heterocycles. The largest absolute Gasteiger partial charge is 0.308 e. The van der Waals surface area contributed by atoms with Crippen LogP contribution in [0.2, 0.25) is 0 Å². The highest BCUT2D eigenvalue weighted by Gasteiger charge is 2.21. The Kier molecular flexibility index (Phi) is 4.94. The molecule has 0 aliphatic heterocycles. The van der Waals surface area contributed by atoms with Crippen LogP contribution in [0.25, 0.3) is 0 Å². The van der Waals surface area contributed by atoms with E-state index in [1.165, 1.54) is 16.7 Å². The van der Waals surface area contributed by atoms with Crippen molar-refractivity contribution in [3.63, 3.8) is 0 Å². The minimum Gasteiger partial charge on any atom is -0.308 e. The Morgan fingerprint density at radius 3 is 2.06 bits per heavy atom. The van der Waals surface area contributed by atoms with Crippen LogP contribution in [0.3, 0.4) is 0 Å². The Morgan fingerprint density at radius 2 is 1.61 bits per heavy atom. The zero-order valence-corrected chi connectivity index (χ0v) is 13.0. The number of rotatable bonds is 5. The SMILES string of the molecule is Cc1cc(C)cc(C(C)NCC(C)(C)N(C)C)c1. The molecule has 102 valence electrons. The van der Waals surface area contributed by atoms with Gasteiger partial charge in [-0.25, -0.2) is 0 Å². The molecule has 0 bridgehead atoms. The summed E-state index contributed by atoms with van der Waals surface area (Å²) in [6.07, 6.45) is 0. The number of hydrogen-bond donors (Lipinski definition) is 1. The molecule has 1 rings (SSSR count). The van der Waals surface area contributed by atoms with Crippen molar-refractivity contribution < 1.29 is 0 Å². The Hall–Kier alpha value is -0.860. The van der Waals surface area contributed by atoms with Crippen molar-refractivity contribution in [3.05, 3.63) is 34.9 Å². The lowest BCUT2D eigenvalue weighted by atomic mass is 10.00. The molecule has 18 heavy (non-hydrogen) atoms. The second kappa shape index (κ2) is 5.85. The van der Waals surface area contributed by atoms with Gasteiger partial charge in [-0.15, -0.1) is 0 Å². The summed E-state index contributed by atoms with van der Waals surface area (Å²) in [5.74, 6) is 0. The van der Waals surface area contributed by atoms with E-state index in [4.69, 9.17) is 0 Å². The summed E-state index contributed by atoms with van der Waals surface area (Å²) >= 11 is 0. The molecule has 0 amide bonds.